The summed E-state index contributed by atoms with van der Waals surface area (Å²) < 4.78 is 44.7. The lowest BCUT2D eigenvalue weighted by Crippen LogP contribution is -2.42. The van der Waals surface area contributed by atoms with E-state index in [-0.39, 0.29) is 18.4 Å². The molecule has 1 atom stereocenters. The molecule has 0 amide bonds. The third kappa shape index (κ3) is 2.75. The summed E-state index contributed by atoms with van der Waals surface area (Å²) in [7, 11) is 0. The van der Waals surface area contributed by atoms with Gasteiger partial charge in [0.25, 0.3) is 0 Å². The van der Waals surface area contributed by atoms with Gasteiger partial charge in [-0.2, -0.15) is 13.2 Å². The van der Waals surface area contributed by atoms with E-state index in [1.807, 2.05) is 0 Å². The van der Waals surface area contributed by atoms with Gasteiger partial charge in [0.1, 0.15) is 5.76 Å². The summed E-state index contributed by atoms with van der Waals surface area (Å²) >= 11 is 0. The van der Waals surface area contributed by atoms with Crippen molar-refractivity contribution in [3.63, 3.8) is 0 Å². The van der Waals surface area contributed by atoms with Crippen LogP contribution in [-0.2, 0) is 5.60 Å². The van der Waals surface area contributed by atoms with Crippen LogP contribution in [0.2, 0.25) is 0 Å². The van der Waals surface area contributed by atoms with Crippen LogP contribution in [-0.4, -0.2) is 16.4 Å². The number of benzene rings is 1. The third-order valence-corrected chi connectivity index (χ3v) is 3.77. The lowest BCUT2D eigenvalue weighted by Gasteiger charge is -2.30. The predicted molar refractivity (Wildman–Crippen MR) is 76.3 cm³/mol. The number of nitrogens with zero attached hydrogens (tertiary/aromatic N) is 1. The van der Waals surface area contributed by atoms with E-state index in [0.29, 0.717) is 17.0 Å². The Kier molecular flexibility index (Phi) is 4.33. The van der Waals surface area contributed by atoms with Gasteiger partial charge >= 0.3 is 6.18 Å². The fraction of sp³-hybridized carbons (Fsp3) is 0.438. The summed E-state index contributed by atoms with van der Waals surface area (Å²) in [6, 6.07) is 5.72. The molecule has 1 aromatic carbocycles. The summed E-state index contributed by atoms with van der Waals surface area (Å²) in [4.78, 5) is 0. The smallest absolute Gasteiger partial charge is 0.376 e. The maximum absolute atomic E-state index is 13.2. The standard InChI is InChI=1S/C16H18F3NO2/c1-4-9-15(21,16(17,18)19)13-7-5-12(6-8-13)14-10(2)20-22-11(14)3/h5-8,21H,4,9H2,1-3H3. The van der Waals surface area contributed by atoms with Crippen LogP contribution in [0.1, 0.15) is 36.8 Å². The highest BCUT2D eigenvalue weighted by atomic mass is 19.4. The maximum atomic E-state index is 13.2. The molecule has 0 fully saturated rings. The molecular formula is C16H18F3NO2. The number of alkyl halides is 3. The van der Waals surface area contributed by atoms with Crippen LogP contribution in [0.5, 0.6) is 0 Å². The zero-order chi connectivity index (χ0) is 16.5. The van der Waals surface area contributed by atoms with E-state index in [2.05, 4.69) is 5.16 Å². The Morgan fingerprint density at radius 2 is 1.73 bits per heavy atom. The minimum Gasteiger partial charge on any atom is -0.376 e. The average molecular weight is 313 g/mol. The first kappa shape index (κ1) is 16.5. The van der Waals surface area contributed by atoms with Crippen molar-refractivity contribution < 1.29 is 22.8 Å². The van der Waals surface area contributed by atoms with Gasteiger partial charge in [-0.05, 0) is 31.4 Å². The molecule has 0 saturated heterocycles. The summed E-state index contributed by atoms with van der Waals surface area (Å²) in [5.74, 6) is 0.602. The summed E-state index contributed by atoms with van der Waals surface area (Å²) in [6.45, 7) is 5.12. The van der Waals surface area contributed by atoms with Crippen LogP contribution < -0.4 is 0 Å². The van der Waals surface area contributed by atoms with Gasteiger partial charge in [0.05, 0.1) is 5.69 Å². The second-order valence-electron chi connectivity index (χ2n) is 5.38. The first-order chi connectivity index (χ1) is 10.2. The molecule has 0 aliphatic carbocycles. The van der Waals surface area contributed by atoms with E-state index in [1.54, 1.807) is 32.9 Å². The fourth-order valence-corrected chi connectivity index (χ4v) is 2.62. The van der Waals surface area contributed by atoms with Crippen molar-refractivity contribution in [1.29, 1.82) is 0 Å². The van der Waals surface area contributed by atoms with Crippen molar-refractivity contribution in [3.8, 4) is 11.1 Å². The second kappa shape index (κ2) is 5.76. The van der Waals surface area contributed by atoms with Crippen molar-refractivity contribution in [2.24, 2.45) is 0 Å². The quantitative estimate of drug-likeness (QED) is 0.903. The molecule has 1 aromatic heterocycles. The highest BCUT2D eigenvalue weighted by Gasteiger charge is 2.54. The number of halogens is 3. The number of hydrogen-bond acceptors (Lipinski definition) is 3. The first-order valence-corrected chi connectivity index (χ1v) is 7.03. The SMILES string of the molecule is CCCC(O)(c1ccc(-c2c(C)noc2C)cc1)C(F)(F)F. The van der Waals surface area contributed by atoms with Crippen molar-refractivity contribution in [1.82, 2.24) is 5.16 Å². The van der Waals surface area contributed by atoms with Crippen LogP contribution in [0, 0.1) is 13.8 Å². The topological polar surface area (TPSA) is 46.3 Å². The van der Waals surface area contributed by atoms with Crippen LogP contribution in [0.3, 0.4) is 0 Å². The fourth-order valence-electron chi connectivity index (χ4n) is 2.62. The molecule has 22 heavy (non-hydrogen) atoms. The molecule has 6 heteroatoms. The molecule has 2 rings (SSSR count). The van der Waals surface area contributed by atoms with Gasteiger partial charge in [0, 0.05) is 5.56 Å². The first-order valence-electron chi connectivity index (χ1n) is 7.03. The molecule has 0 spiro atoms. The summed E-state index contributed by atoms with van der Waals surface area (Å²) in [6.07, 6.45) is -4.86. The molecule has 0 saturated carbocycles. The van der Waals surface area contributed by atoms with Gasteiger partial charge in [0.2, 0.25) is 0 Å². The Bertz CT molecular complexity index is 627. The molecule has 0 radical (unpaired) electrons. The molecule has 0 bridgehead atoms. The molecule has 120 valence electrons. The van der Waals surface area contributed by atoms with Crippen molar-refractivity contribution in [2.75, 3.05) is 0 Å². The Morgan fingerprint density at radius 3 is 2.14 bits per heavy atom. The third-order valence-electron chi connectivity index (χ3n) is 3.77. The highest BCUT2D eigenvalue weighted by Crippen LogP contribution is 2.43. The molecule has 0 aliphatic heterocycles. The molecule has 3 nitrogen and oxygen atoms in total. The van der Waals surface area contributed by atoms with Gasteiger partial charge in [-0.15, -0.1) is 0 Å². The second-order valence-corrected chi connectivity index (χ2v) is 5.38. The van der Waals surface area contributed by atoms with E-state index in [1.165, 1.54) is 12.1 Å². The molecule has 1 heterocycles. The number of aromatic nitrogens is 1. The summed E-state index contributed by atoms with van der Waals surface area (Å²) in [5, 5.41) is 13.9. The van der Waals surface area contributed by atoms with Crippen LogP contribution >= 0.6 is 0 Å². The van der Waals surface area contributed by atoms with Gasteiger partial charge in [-0.1, -0.05) is 42.8 Å². The van der Waals surface area contributed by atoms with Crippen molar-refractivity contribution in [2.45, 2.75) is 45.4 Å². The van der Waals surface area contributed by atoms with Gasteiger partial charge in [-0.3, -0.25) is 0 Å². The molecule has 2 aromatic rings. The zero-order valence-corrected chi connectivity index (χ0v) is 12.7. The van der Waals surface area contributed by atoms with Gasteiger partial charge in [-0.25, -0.2) is 0 Å². The Morgan fingerprint density at radius 1 is 1.14 bits per heavy atom. The number of rotatable bonds is 4. The predicted octanol–water partition coefficient (Wildman–Crippen LogP) is 4.51. The van der Waals surface area contributed by atoms with Crippen molar-refractivity contribution in [3.05, 3.63) is 41.3 Å². The van der Waals surface area contributed by atoms with E-state index in [9.17, 15) is 18.3 Å². The Hall–Kier alpha value is -1.82. The zero-order valence-electron chi connectivity index (χ0n) is 12.7. The van der Waals surface area contributed by atoms with E-state index in [0.717, 1.165) is 5.56 Å². The van der Waals surface area contributed by atoms with Crippen LogP contribution in [0.25, 0.3) is 11.1 Å². The molecule has 0 aliphatic rings. The molecule has 1 N–H and O–H groups in total. The molecule has 1 unspecified atom stereocenters. The lowest BCUT2D eigenvalue weighted by molar-refractivity contribution is -0.269. The Labute approximate surface area is 126 Å². The monoisotopic (exact) mass is 313 g/mol. The Balaban J connectivity index is 2.44. The van der Waals surface area contributed by atoms with Crippen LogP contribution in [0.4, 0.5) is 13.2 Å². The lowest BCUT2D eigenvalue weighted by atomic mass is 9.87. The average Bonchev–Trinajstić information content (AvgIpc) is 2.77. The van der Waals surface area contributed by atoms with Gasteiger partial charge in [0.15, 0.2) is 5.60 Å². The highest BCUT2D eigenvalue weighted by molar-refractivity contribution is 5.67. The van der Waals surface area contributed by atoms with E-state index < -0.39 is 11.8 Å². The number of aliphatic hydroxyl groups is 1. The number of aryl methyl sites for hydroxylation is 2. The van der Waals surface area contributed by atoms with E-state index >= 15 is 0 Å². The molecular weight excluding hydrogens is 295 g/mol. The van der Waals surface area contributed by atoms with Gasteiger partial charge < -0.3 is 9.63 Å². The summed E-state index contributed by atoms with van der Waals surface area (Å²) in [5.41, 5.74) is -0.834. The maximum Gasteiger partial charge on any atom is 0.421 e. The minimum atomic E-state index is -4.71. The minimum absolute atomic E-state index is 0.155. The van der Waals surface area contributed by atoms with E-state index in [4.69, 9.17) is 4.52 Å². The largest absolute Gasteiger partial charge is 0.421 e. The number of hydrogen-bond donors (Lipinski definition) is 1. The normalized spacial score (nSPS) is 14.9. The van der Waals surface area contributed by atoms with Crippen LogP contribution in [0.15, 0.2) is 28.8 Å². The van der Waals surface area contributed by atoms with Crippen molar-refractivity contribution >= 4 is 0 Å².